The number of aliphatic hydroxyl groups excluding tert-OH is 1. The van der Waals surface area contributed by atoms with E-state index in [1.807, 2.05) is 0 Å². The second-order valence-corrected chi connectivity index (χ2v) is 2.53. The highest BCUT2D eigenvalue weighted by atomic mass is 16.3. The first-order valence-corrected chi connectivity index (χ1v) is 3.36. The Balaban J connectivity index is 0.000000371. The molecular weight excluding hydrogens is 132 g/mol. The zero-order valence-corrected chi connectivity index (χ0v) is 6.21. The molecule has 4 heteroatoms. The van der Waals surface area contributed by atoms with Gasteiger partial charge >= 0.3 is 0 Å². The minimum atomic E-state index is -0.0220. The minimum Gasteiger partial charge on any atom is -0.393 e. The van der Waals surface area contributed by atoms with Crippen molar-refractivity contribution in [2.75, 3.05) is 20.1 Å². The third kappa shape index (κ3) is 3.53. The summed E-state index contributed by atoms with van der Waals surface area (Å²) in [5, 5.41) is 9.00. The quantitative estimate of drug-likeness (QED) is 0.486. The number of likely N-dealkylation sites (tertiary alicyclic amines) is 1. The van der Waals surface area contributed by atoms with Crippen molar-refractivity contribution in [1.29, 1.82) is 5.59 Å². The Morgan fingerprint density at radius 2 is 1.80 bits per heavy atom. The number of hydrogen-bond donors (Lipinski definition) is 2. The van der Waals surface area contributed by atoms with Gasteiger partial charge < -0.3 is 10.0 Å². The predicted molar refractivity (Wildman–Crippen MR) is 38.8 cm³/mol. The molecule has 10 heavy (non-hydrogen) atoms. The molecule has 0 aromatic carbocycles. The van der Waals surface area contributed by atoms with Gasteiger partial charge in [0.1, 0.15) is 0 Å². The topological polar surface area (TPSA) is 64.4 Å². The van der Waals surface area contributed by atoms with Crippen LogP contribution in [0.2, 0.25) is 0 Å². The molecule has 60 valence electrons. The van der Waals surface area contributed by atoms with Crippen molar-refractivity contribution in [2.24, 2.45) is 0 Å². The van der Waals surface area contributed by atoms with Crippen LogP contribution in [0.3, 0.4) is 0 Å². The molecule has 0 amide bonds. The second kappa shape index (κ2) is 5.32. The zero-order chi connectivity index (χ0) is 7.98. The first-order valence-electron chi connectivity index (χ1n) is 3.36. The van der Waals surface area contributed by atoms with Gasteiger partial charge in [-0.1, -0.05) is 5.59 Å². The first kappa shape index (κ1) is 9.52. The van der Waals surface area contributed by atoms with E-state index >= 15 is 0 Å². The van der Waals surface area contributed by atoms with E-state index in [4.69, 9.17) is 10.0 Å². The predicted octanol–water partition coefficient (Wildman–Crippen LogP) is 0.404. The molecule has 0 aliphatic carbocycles. The van der Waals surface area contributed by atoms with Crippen LogP contribution in [0.4, 0.5) is 0 Å². The van der Waals surface area contributed by atoms with Crippen LogP contribution >= 0.6 is 0 Å². The molecule has 0 spiro atoms. The Bertz CT molecular complexity index is 71.8. The molecule has 0 radical (unpaired) electrons. The van der Waals surface area contributed by atoms with Gasteiger partial charge in [0.15, 0.2) is 0 Å². The highest BCUT2D eigenvalue weighted by Crippen LogP contribution is 2.06. The molecule has 1 aliphatic rings. The Kier molecular flexibility index (Phi) is 5.06. The summed E-state index contributed by atoms with van der Waals surface area (Å²) in [5.41, 5.74) is 4.50. The summed E-state index contributed by atoms with van der Waals surface area (Å²) in [6, 6.07) is 0. The van der Waals surface area contributed by atoms with Crippen LogP contribution < -0.4 is 0 Å². The Morgan fingerprint density at radius 3 is 2.10 bits per heavy atom. The van der Waals surface area contributed by atoms with Crippen LogP contribution in [0.15, 0.2) is 0 Å². The van der Waals surface area contributed by atoms with Gasteiger partial charge in [0.05, 0.1) is 6.10 Å². The van der Waals surface area contributed by atoms with Gasteiger partial charge in [-0.05, 0) is 19.9 Å². The number of nitroso groups, excluding NO2 is 1. The fourth-order valence-electron chi connectivity index (χ4n) is 0.995. The molecule has 1 saturated heterocycles. The summed E-state index contributed by atoms with van der Waals surface area (Å²) >= 11 is 0. The lowest BCUT2D eigenvalue weighted by atomic mass is 10.1. The van der Waals surface area contributed by atoms with Crippen LogP contribution in [0, 0.1) is 10.5 Å². The number of hydrogen-bond acceptors (Lipinski definition) is 4. The van der Waals surface area contributed by atoms with E-state index in [9.17, 15) is 0 Å². The highest BCUT2D eigenvalue weighted by Gasteiger charge is 2.12. The third-order valence-corrected chi connectivity index (χ3v) is 1.69. The van der Waals surface area contributed by atoms with Gasteiger partial charge in [-0.15, -0.1) is 0 Å². The van der Waals surface area contributed by atoms with Gasteiger partial charge in [0, 0.05) is 13.1 Å². The standard InChI is InChI=1S/C6H13NO.HNO/c1-7-4-2-6(8)3-5-7;1-2/h6,8H,2-5H2,1H3;1H. The van der Waals surface area contributed by atoms with Crippen molar-refractivity contribution in [1.82, 2.24) is 4.90 Å². The van der Waals surface area contributed by atoms with E-state index in [1.54, 1.807) is 0 Å². The monoisotopic (exact) mass is 146 g/mol. The average molecular weight is 146 g/mol. The Morgan fingerprint density at radius 1 is 1.40 bits per heavy atom. The van der Waals surface area contributed by atoms with Crippen molar-refractivity contribution < 1.29 is 5.11 Å². The molecule has 0 unspecified atom stereocenters. The van der Waals surface area contributed by atoms with E-state index in [2.05, 4.69) is 17.5 Å². The number of nitrogens with zero attached hydrogens (tertiary/aromatic N) is 1. The summed E-state index contributed by atoms with van der Waals surface area (Å²) < 4.78 is 0. The maximum atomic E-state index is 9.00. The summed E-state index contributed by atoms with van der Waals surface area (Å²) in [7, 11) is 2.09. The SMILES string of the molecule is CN1CCC(O)CC1.N=O. The molecule has 1 rings (SSSR count). The Hall–Kier alpha value is -0.480. The number of nitrogens with one attached hydrogen (secondary N) is 1. The van der Waals surface area contributed by atoms with Crippen molar-refractivity contribution >= 4 is 0 Å². The minimum absolute atomic E-state index is 0.0220. The van der Waals surface area contributed by atoms with Crippen LogP contribution in [-0.2, 0) is 0 Å². The van der Waals surface area contributed by atoms with E-state index in [-0.39, 0.29) is 6.10 Å². The normalized spacial score (nSPS) is 21.4. The summed E-state index contributed by atoms with van der Waals surface area (Å²) in [6.07, 6.45) is 1.89. The molecule has 0 aromatic heterocycles. The van der Waals surface area contributed by atoms with Crippen molar-refractivity contribution in [2.45, 2.75) is 18.9 Å². The number of piperidine rings is 1. The summed E-state index contributed by atoms with van der Waals surface area (Å²) in [5.74, 6) is 0. The number of rotatable bonds is 0. The largest absolute Gasteiger partial charge is 0.393 e. The molecule has 0 aromatic rings. The lowest BCUT2D eigenvalue weighted by Crippen LogP contribution is -2.32. The van der Waals surface area contributed by atoms with Crippen LogP contribution in [0.1, 0.15) is 12.8 Å². The third-order valence-electron chi connectivity index (χ3n) is 1.69. The maximum absolute atomic E-state index is 9.00. The first-order chi connectivity index (χ1) is 4.79. The zero-order valence-electron chi connectivity index (χ0n) is 6.21. The molecule has 0 bridgehead atoms. The van der Waals surface area contributed by atoms with Crippen LogP contribution in [0.5, 0.6) is 0 Å². The smallest absolute Gasteiger partial charge is 0.0564 e. The second-order valence-electron chi connectivity index (χ2n) is 2.53. The van der Waals surface area contributed by atoms with Crippen LogP contribution in [0.25, 0.3) is 0 Å². The molecule has 4 nitrogen and oxygen atoms in total. The Labute approximate surface area is 60.6 Å². The number of aliphatic hydroxyl groups is 1. The molecule has 1 heterocycles. The van der Waals surface area contributed by atoms with E-state index < -0.39 is 0 Å². The lowest BCUT2D eigenvalue weighted by molar-refractivity contribution is 0.0943. The summed E-state index contributed by atoms with van der Waals surface area (Å²) in [4.78, 5) is 9.74. The van der Waals surface area contributed by atoms with Crippen molar-refractivity contribution in [3.8, 4) is 0 Å². The molecule has 0 saturated carbocycles. The van der Waals surface area contributed by atoms with Gasteiger partial charge in [-0.25, -0.2) is 0 Å². The maximum Gasteiger partial charge on any atom is 0.0564 e. The van der Waals surface area contributed by atoms with Crippen LogP contribution in [-0.4, -0.2) is 36.2 Å². The van der Waals surface area contributed by atoms with Gasteiger partial charge in [0.25, 0.3) is 0 Å². The van der Waals surface area contributed by atoms with Crippen molar-refractivity contribution in [3.05, 3.63) is 4.91 Å². The van der Waals surface area contributed by atoms with E-state index in [0.29, 0.717) is 0 Å². The average Bonchev–Trinajstić information content (AvgIpc) is 2.00. The van der Waals surface area contributed by atoms with Crippen molar-refractivity contribution in [3.63, 3.8) is 0 Å². The highest BCUT2D eigenvalue weighted by molar-refractivity contribution is 4.67. The fraction of sp³-hybridized carbons (Fsp3) is 1.00. The lowest BCUT2D eigenvalue weighted by Gasteiger charge is -2.25. The summed E-state index contributed by atoms with van der Waals surface area (Å²) in [6.45, 7) is 2.11. The molecular formula is C6H14N2O2. The fourth-order valence-corrected chi connectivity index (χ4v) is 0.995. The molecule has 0 atom stereocenters. The molecule has 1 aliphatic heterocycles. The van der Waals surface area contributed by atoms with Gasteiger partial charge in [-0.3, -0.25) is 0 Å². The van der Waals surface area contributed by atoms with E-state index in [1.165, 1.54) is 0 Å². The molecule has 1 fully saturated rings. The molecule has 2 N–H and O–H groups in total. The van der Waals surface area contributed by atoms with E-state index in [0.717, 1.165) is 25.9 Å². The van der Waals surface area contributed by atoms with Gasteiger partial charge in [-0.2, -0.15) is 4.91 Å². The van der Waals surface area contributed by atoms with Gasteiger partial charge in [0.2, 0.25) is 0 Å².